The van der Waals surface area contributed by atoms with E-state index in [0.29, 0.717) is 12.8 Å². The number of rotatable bonds is 1. The van der Waals surface area contributed by atoms with Crippen LogP contribution in [0.2, 0.25) is 0 Å². The van der Waals surface area contributed by atoms with E-state index in [1.165, 1.54) is 0 Å². The predicted octanol–water partition coefficient (Wildman–Crippen LogP) is 3.89. The molecule has 76 valence electrons. The topological polar surface area (TPSA) is 0 Å². The van der Waals surface area contributed by atoms with Gasteiger partial charge in [-0.1, -0.05) is 12.8 Å². The molecule has 0 aromatic rings. The van der Waals surface area contributed by atoms with Crippen molar-refractivity contribution in [1.29, 1.82) is 0 Å². The molecule has 1 aliphatic rings. The van der Waals surface area contributed by atoms with Crippen LogP contribution in [0.1, 0.15) is 25.7 Å². The Bertz CT molecular complexity index is 205. The van der Waals surface area contributed by atoms with E-state index in [1.807, 2.05) is 0 Å². The van der Waals surface area contributed by atoms with E-state index in [0.717, 1.165) is 0 Å². The zero-order chi connectivity index (χ0) is 10.1. The van der Waals surface area contributed by atoms with Crippen LogP contribution in [-0.4, -0.2) is 6.18 Å². The molecule has 0 aromatic carbocycles. The van der Waals surface area contributed by atoms with Crippen molar-refractivity contribution in [2.24, 2.45) is 5.92 Å². The number of halogens is 5. The molecule has 0 N–H and O–H groups in total. The Morgan fingerprint density at radius 1 is 1.00 bits per heavy atom. The first-order chi connectivity index (χ1) is 5.93. The van der Waals surface area contributed by atoms with Gasteiger partial charge in [0.25, 0.3) is 6.08 Å². The van der Waals surface area contributed by atoms with Gasteiger partial charge in [-0.05, 0) is 18.8 Å². The Balaban J connectivity index is 2.87. The second-order valence-corrected chi connectivity index (χ2v) is 3.15. The predicted molar refractivity (Wildman–Crippen MR) is 37.3 cm³/mol. The van der Waals surface area contributed by atoms with Gasteiger partial charge in [-0.2, -0.15) is 22.0 Å². The van der Waals surface area contributed by atoms with Gasteiger partial charge >= 0.3 is 6.18 Å². The Morgan fingerprint density at radius 2 is 1.46 bits per heavy atom. The number of hydrogen-bond donors (Lipinski definition) is 0. The molecule has 1 aliphatic carbocycles. The fraction of sp³-hybridized carbons (Fsp3) is 0.750. The standard InChI is InChI=1S/C8H9F5/c9-7(10)6(8(11,12)13)5-3-1-2-4-5/h5H,1-4H2. The zero-order valence-corrected chi connectivity index (χ0v) is 6.80. The van der Waals surface area contributed by atoms with Crippen molar-refractivity contribution in [3.8, 4) is 0 Å². The van der Waals surface area contributed by atoms with Crippen molar-refractivity contribution >= 4 is 0 Å². The maximum absolute atomic E-state index is 12.1. The minimum absolute atomic E-state index is 0.228. The van der Waals surface area contributed by atoms with Gasteiger partial charge in [0.15, 0.2) is 0 Å². The van der Waals surface area contributed by atoms with Crippen LogP contribution in [-0.2, 0) is 0 Å². The van der Waals surface area contributed by atoms with Gasteiger partial charge in [-0.3, -0.25) is 0 Å². The minimum Gasteiger partial charge on any atom is -0.173 e. The van der Waals surface area contributed by atoms with E-state index in [4.69, 9.17) is 0 Å². The Kier molecular flexibility index (Phi) is 2.93. The van der Waals surface area contributed by atoms with Crippen LogP contribution in [0, 0.1) is 5.92 Å². The van der Waals surface area contributed by atoms with Gasteiger partial charge in [-0.25, -0.2) is 0 Å². The fourth-order valence-electron chi connectivity index (χ4n) is 1.71. The van der Waals surface area contributed by atoms with Crippen molar-refractivity contribution in [2.75, 3.05) is 0 Å². The molecule has 1 rings (SSSR count). The van der Waals surface area contributed by atoms with E-state index >= 15 is 0 Å². The second-order valence-electron chi connectivity index (χ2n) is 3.15. The maximum Gasteiger partial charge on any atom is 0.418 e. The summed E-state index contributed by atoms with van der Waals surface area (Å²) in [6, 6.07) is 0. The van der Waals surface area contributed by atoms with Gasteiger partial charge in [-0.15, -0.1) is 0 Å². The van der Waals surface area contributed by atoms with Gasteiger partial charge in [0, 0.05) is 0 Å². The first-order valence-electron chi connectivity index (χ1n) is 4.05. The Morgan fingerprint density at radius 3 is 1.77 bits per heavy atom. The average Bonchev–Trinajstić information content (AvgIpc) is 2.34. The molecule has 5 heteroatoms. The van der Waals surface area contributed by atoms with E-state index in [2.05, 4.69) is 0 Å². The van der Waals surface area contributed by atoms with Crippen molar-refractivity contribution in [3.05, 3.63) is 11.7 Å². The lowest BCUT2D eigenvalue weighted by Crippen LogP contribution is -2.19. The number of allylic oxidation sites excluding steroid dienone is 1. The highest BCUT2D eigenvalue weighted by molar-refractivity contribution is 5.14. The molecule has 1 saturated carbocycles. The highest BCUT2D eigenvalue weighted by Crippen LogP contribution is 2.42. The molecule has 0 amide bonds. The summed E-state index contributed by atoms with van der Waals surface area (Å²) in [5, 5.41) is 0. The Labute approximate surface area is 72.4 Å². The monoisotopic (exact) mass is 200 g/mol. The van der Waals surface area contributed by atoms with Crippen molar-refractivity contribution in [1.82, 2.24) is 0 Å². The van der Waals surface area contributed by atoms with E-state index < -0.39 is 23.7 Å². The molecular weight excluding hydrogens is 191 g/mol. The number of alkyl halides is 3. The first kappa shape index (κ1) is 10.5. The van der Waals surface area contributed by atoms with Crippen LogP contribution >= 0.6 is 0 Å². The van der Waals surface area contributed by atoms with E-state index in [1.54, 1.807) is 0 Å². The fourth-order valence-corrected chi connectivity index (χ4v) is 1.71. The summed E-state index contributed by atoms with van der Waals surface area (Å²) in [5.74, 6) is -0.981. The molecule has 0 aromatic heterocycles. The molecule has 0 spiro atoms. The van der Waals surface area contributed by atoms with E-state index in [-0.39, 0.29) is 12.8 Å². The van der Waals surface area contributed by atoms with Crippen LogP contribution in [0.25, 0.3) is 0 Å². The quantitative estimate of drug-likeness (QED) is 0.563. The highest BCUT2D eigenvalue weighted by atomic mass is 19.4. The van der Waals surface area contributed by atoms with Crippen LogP contribution in [0.4, 0.5) is 22.0 Å². The summed E-state index contributed by atoms with van der Waals surface area (Å²) in [4.78, 5) is 0. The van der Waals surface area contributed by atoms with E-state index in [9.17, 15) is 22.0 Å². The average molecular weight is 200 g/mol. The Hall–Kier alpha value is -0.610. The molecule has 0 heterocycles. The molecular formula is C8H9F5. The van der Waals surface area contributed by atoms with Gasteiger partial charge in [0.2, 0.25) is 0 Å². The normalized spacial score (nSPS) is 19.2. The largest absolute Gasteiger partial charge is 0.418 e. The summed E-state index contributed by atoms with van der Waals surface area (Å²) in [6.07, 6.45) is -5.76. The molecule has 0 atom stereocenters. The van der Waals surface area contributed by atoms with Crippen LogP contribution in [0.5, 0.6) is 0 Å². The lowest BCUT2D eigenvalue weighted by Gasteiger charge is -2.15. The summed E-state index contributed by atoms with van der Waals surface area (Å²) in [5.41, 5.74) is -1.61. The van der Waals surface area contributed by atoms with Crippen LogP contribution < -0.4 is 0 Å². The van der Waals surface area contributed by atoms with Gasteiger partial charge < -0.3 is 0 Å². The lowest BCUT2D eigenvalue weighted by molar-refractivity contribution is -0.103. The zero-order valence-electron chi connectivity index (χ0n) is 6.80. The van der Waals surface area contributed by atoms with Crippen molar-refractivity contribution in [2.45, 2.75) is 31.9 Å². The van der Waals surface area contributed by atoms with Crippen molar-refractivity contribution in [3.63, 3.8) is 0 Å². The number of hydrogen-bond acceptors (Lipinski definition) is 0. The first-order valence-corrected chi connectivity index (χ1v) is 4.05. The van der Waals surface area contributed by atoms with Crippen LogP contribution in [0.3, 0.4) is 0 Å². The highest BCUT2D eigenvalue weighted by Gasteiger charge is 2.43. The smallest absolute Gasteiger partial charge is 0.173 e. The summed E-state index contributed by atoms with van der Waals surface area (Å²) >= 11 is 0. The minimum atomic E-state index is -4.87. The summed E-state index contributed by atoms with van der Waals surface area (Å²) in [6.45, 7) is 0. The molecule has 0 saturated heterocycles. The molecule has 1 fully saturated rings. The maximum atomic E-state index is 12.1. The third kappa shape index (κ3) is 2.42. The molecule has 13 heavy (non-hydrogen) atoms. The molecule has 0 radical (unpaired) electrons. The third-order valence-electron chi connectivity index (χ3n) is 2.27. The van der Waals surface area contributed by atoms with Crippen LogP contribution in [0.15, 0.2) is 11.7 Å². The molecule has 0 unspecified atom stereocenters. The lowest BCUT2D eigenvalue weighted by atomic mass is 9.98. The molecule has 0 nitrogen and oxygen atoms in total. The molecule has 0 bridgehead atoms. The summed E-state index contributed by atoms with van der Waals surface area (Å²) in [7, 11) is 0. The van der Waals surface area contributed by atoms with Crippen molar-refractivity contribution < 1.29 is 22.0 Å². The molecule has 0 aliphatic heterocycles. The van der Waals surface area contributed by atoms with Gasteiger partial charge in [0.05, 0.1) is 0 Å². The van der Waals surface area contributed by atoms with Gasteiger partial charge in [0.1, 0.15) is 5.57 Å². The SMILES string of the molecule is FC(F)=C(C1CCCC1)C(F)(F)F. The third-order valence-corrected chi connectivity index (χ3v) is 2.27. The second kappa shape index (κ2) is 3.64. The summed E-state index contributed by atoms with van der Waals surface area (Å²) < 4.78 is 60.3.